The van der Waals surface area contributed by atoms with Gasteiger partial charge in [0, 0.05) is 19.3 Å². The SMILES string of the molecule is CN(C(=O)Cn1c(=O)n(Cc2ccco2)c2ncccc21)C1CCCCC1. The molecule has 27 heavy (non-hydrogen) atoms. The lowest BCUT2D eigenvalue weighted by atomic mass is 9.94. The molecule has 142 valence electrons. The summed E-state index contributed by atoms with van der Waals surface area (Å²) < 4.78 is 8.46. The van der Waals surface area contributed by atoms with Crippen LogP contribution in [-0.2, 0) is 17.9 Å². The smallest absolute Gasteiger partial charge is 0.331 e. The summed E-state index contributed by atoms with van der Waals surface area (Å²) in [6, 6.07) is 7.49. The fourth-order valence-electron chi connectivity index (χ4n) is 3.92. The van der Waals surface area contributed by atoms with Gasteiger partial charge in [0.2, 0.25) is 5.91 Å². The molecule has 0 bridgehead atoms. The number of carbonyl (C=O) groups excluding carboxylic acids is 1. The van der Waals surface area contributed by atoms with Gasteiger partial charge in [0.15, 0.2) is 5.65 Å². The lowest BCUT2D eigenvalue weighted by molar-refractivity contribution is -0.133. The summed E-state index contributed by atoms with van der Waals surface area (Å²) >= 11 is 0. The Hall–Kier alpha value is -2.83. The third-order valence-corrected chi connectivity index (χ3v) is 5.48. The standard InChI is InChI=1S/C20H24N4O3/c1-22(15-7-3-2-4-8-15)18(25)14-23-17-10-5-11-21-19(17)24(20(23)26)13-16-9-6-12-27-16/h5-6,9-12,15H,2-4,7-8,13-14H2,1H3. The predicted octanol–water partition coefficient (Wildman–Crippen LogP) is 2.63. The summed E-state index contributed by atoms with van der Waals surface area (Å²) in [5.41, 5.74) is 0.983. The molecule has 1 amide bonds. The summed E-state index contributed by atoms with van der Waals surface area (Å²) in [5, 5.41) is 0. The van der Waals surface area contributed by atoms with E-state index in [1.54, 1.807) is 29.2 Å². The van der Waals surface area contributed by atoms with Gasteiger partial charge in [0.1, 0.15) is 12.3 Å². The molecule has 4 rings (SSSR count). The predicted molar refractivity (Wildman–Crippen MR) is 101 cm³/mol. The summed E-state index contributed by atoms with van der Waals surface area (Å²) in [4.78, 5) is 32.1. The molecule has 0 radical (unpaired) electrons. The number of hydrogen-bond acceptors (Lipinski definition) is 4. The summed E-state index contributed by atoms with van der Waals surface area (Å²) in [6.45, 7) is 0.318. The second-order valence-electron chi connectivity index (χ2n) is 7.18. The van der Waals surface area contributed by atoms with Crippen molar-refractivity contribution in [2.45, 2.75) is 51.2 Å². The van der Waals surface area contributed by atoms with Crippen LogP contribution in [0, 0.1) is 0 Å². The Morgan fingerprint density at radius 1 is 1.22 bits per heavy atom. The van der Waals surface area contributed by atoms with Gasteiger partial charge in [-0.15, -0.1) is 0 Å². The molecular weight excluding hydrogens is 344 g/mol. The van der Waals surface area contributed by atoms with Crippen molar-refractivity contribution in [1.29, 1.82) is 0 Å². The molecule has 3 aromatic rings. The van der Waals surface area contributed by atoms with Crippen molar-refractivity contribution in [3.63, 3.8) is 0 Å². The molecular formula is C20H24N4O3. The minimum absolute atomic E-state index is 0.0270. The maximum atomic E-state index is 13.0. The van der Waals surface area contributed by atoms with Gasteiger partial charge in [-0.3, -0.25) is 13.9 Å². The van der Waals surface area contributed by atoms with Crippen molar-refractivity contribution in [1.82, 2.24) is 19.0 Å². The van der Waals surface area contributed by atoms with Crippen molar-refractivity contribution in [2.75, 3.05) is 7.05 Å². The lowest BCUT2D eigenvalue weighted by Gasteiger charge is -2.31. The monoisotopic (exact) mass is 368 g/mol. The van der Waals surface area contributed by atoms with Crippen LogP contribution in [0.5, 0.6) is 0 Å². The van der Waals surface area contributed by atoms with Crippen LogP contribution in [0.25, 0.3) is 11.2 Å². The van der Waals surface area contributed by atoms with Crippen molar-refractivity contribution >= 4 is 17.1 Å². The number of furan rings is 1. The minimum Gasteiger partial charge on any atom is -0.467 e. The molecule has 1 aliphatic carbocycles. The van der Waals surface area contributed by atoms with Crippen LogP contribution >= 0.6 is 0 Å². The zero-order valence-corrected chi connectivity index (χ0v) is 15.5. The number of nitrogens with zero attached hydrogens (tertiary/aromatic N) is 4. The Labute approximate surface area is 157 Å². The van der Waals surface area contributed by atoms with E-state index >= 15 is 0 Å². The molecule has 0 spiro atoms. The summed E-state index contributed by atoms with van der Waals surface area (Å²) in [6.07, 6.45) is 8.88. The molecule has 0 unspecified atom stereocenters. The number of imidazole rings is 1. The van der Waals surface area contributed by atoms with E-state index in [4.69, 9.17) is 4.42 Å². The van der Waals surface area contributed by atoms with Gasteiger partial charge in [0.05, 0.1) is 18.3 Å². The van der Waals surface area contributed by atoms with E-state index in [-0.39, 0.29) is 24.2 Å². The zero-order chi connectivity index (χ0) is 18.8. The van der Waals surface area contributed by atoms with Crippen molar-refractivity contribution < 1.29 is 9.21 Å². The number of fused-ring (bicyclic) bond motifs is 1. The van der Waals surface area contributed by atoms with Crippen LogP contribution in [0.4, 0.5) is 0 Å². The number of hydrogen-bond donors (Lipinski definition) is 0. The number of aromatic nitrogens is 3. The second kappa shape index (κ2) is 7.42. The maximum Gasteiger partial charge on any atom is 0.331 e. The normalized spacial score (nSPS) is 15.3. The van der Waals surface area contributed by atoms with E-state index in [2.05, 4.69) is 4.98 Å². The molecule has 3 heterocycles. The van der Waals surface area contributed by atoms with Gasteiger partial charge < -0.3 is 9.32 Å². The van der Waals surface area contributed by atoms with Crippen LogP contribution < -0.4 is 5.69 Å². The van der Waals surface area contributed by atoms with Gasteiger partial charge in [-0.1, -0.05) is 19.3 Å². The van der Waals surface area contributed by atoms with Crippen LogP contribution in [0.3, 0.4) is 0 Å². The van der Waals surface area contributed by atoms with Gasteiger partial charge in [0.25, 0.3) is 0 Å². The van der Waals surface area contributed by atoms with Crippen LogP contribution in [0.2, 0.25) is 0 Å². The first-order chi connectivity index (χ1) is 13.1. The quantitative estimate of drug-likeness (QED) is 0.694. The Balaban J connectivity index is 1.64. The van der Waals surface area contributed by atoms with E-state index in [1.807, 2.05) is 24.1 Å². The molecule has 0 N–H and O–H groups in total. The van der Waals surface area contributed by atoms with E-state index in [0.29, 0.717) is 23.5 Å². The van der Waals surface area contributed by atoms with Crippen LogP contribution in [0.1, 0.15) is 37.9 Å². The summed E-state index contributed by atoms with van der Waals surface area (Å²) in [7, 11) is 1.85. The van der Waals surface area contributed by atoms with Crippen LogP contribution in [-0.4, -0.2) is 38.0 Å². The molecule has 0 aliphatic heterocycles. The van der Waals surface area contributed by atoms with Gasteiger partial charge >= 0.3 is 5.69 Å². The Morgan fingerprint density at radius 2 is 2.04 bits per heavy atom. The molecule has 0 atom stereocenters. The molecule has 7 nitrogen and oxygen atoms in total. The second-order valence-corrected chi connectivity index (χ2v) is 7.18. The molecule has 3 aromatic heterocycles. The molecule has 7 heteroatoms. The van der Waals surface area contributed by atoms with E-state index in [9.17, 15) is 9.59 Å². The number of likely N-dealkylation sites (N-methyl/N-ethyl adjacent to an activating group) is 1. The first-order valence-corrected chi connectivity index (χ1v) is 9.47. The topological polar surface area (TPSA) is 73.3 Å². The highest BCUT2D eigenvalue weighted by molar-refractivity contribution is 5.79. The highest BCUT2D eigenvalue weighted by atomic mass is 16.3. The molecule has 1 fully saturated rings. The van der Waals surface area contributed by atoms with Crippen LogP contribution in [0.15, 0.2) is 45.9 Å². The zero-order valence-electron chi connectivity index (χ0n) is 15.5. The van der Waals surface area contributed by atoms with Gasteiger partial charge in [-0.05, 0) is 37.1 Å². The molecule has 0 saturated heterocycles. The Morgan fingerprint density at radius 3 is 2.78 bits per heavy atom. The van der Waals surface area contributed by atoms with E-state index in [1.165, 1.54) is 11.0 Å². The lowest BCUT2D eigenvalue weighted by Crippen LogP contribution is -2.41. The minimum atomic E-state index is -0.245. The number of rotatable bonds is 5. The Kier molecular flexibility index (Phi) is 4.83. The van der Waals surface area contributed by atoms with Gasteiger partial charge in [-0.25, -0.2) is 9.78 Å². The number of pyridine rings is 1. The first kappa shape index (κ1) is 17.6. The molecule has 0 aromatic carbocycles. The molecule has 1 aliphatic rings. The average molecular weight is 368 g/mol. The average Bonchev–Trinajstić information content (AvgIpc) is 3.31. The number of carbonyl (C=O) groups is 1. The molecule has 1 saturated carbocycles. The fourth-order valence-corrected chi connectivity index (χ4v) is 3.92. The highest BCUT2D eigenvalue weighted by Gasteiger charge is 2.24. The third-order valence-electron chi connectivity index (χ3n) is 5.48. The van der Waals surface area contributed by atoms with E-state index < -0.39 is 0 Å². The highest BCUT2D eigenvalue weighted by Crippen LogP contribution is 2.22. The maximum absolute atomic E-state index is 13.0. The fraction of sp³-hybridized carbons (Fsp3) is 0.450. The number of amides is 1. The third kappa shape index (κ3) is 3.41. The van der Waals surface area contributed by atoms with Crippen molar-refractivity contribution in [3.8, 4) is 0 Å². The van der Waals surface area contributed by atoms with E-state index in [0.717, 1.165) is 25.7 Å². The van der Waals surface area contributed by atoms with Crippen molar-refractivity contribution in [2.24, 2.45) is 0 Å². The summed E-state index contributed by atoms with van der Waals surface area (Å²) in [5.74, 6) is 0.636. The first-order valence-electron chi connectivity index (χ1n) is 9.47. The van der Waals surface area contributed by atoms with Gasteiger partial charge in [-0.2, -0.15) is 0 Å². The Bertz CT molecular complexity index is 980. The largest absolute Gasteiger partial charge is 0.467 e. The van der Waals surface area contributed by atoms with Crippen molar-refractivity contribution in [3.05, 3.63) is 53.0 Å².